The van der Waals surface area contributed by atoms with Gasteiger partial charge in [-0.1, -0.05) is 38.1 Å². The monoisotopic (exact) mass is 436 g/mol. The van der Waals surface area contributed by atoms with E-state index in [4.69, 9.17) is 9.47 Å². The van der Waals surface area contributed by atoms with Gasteiger partial charge in [0.15, 0.2) is 11.5 Å². The molecule has 7 heteroatoms. The summed E-state index contributed by atoms with van der Waals surface area (Å²) in [6.07, 6.45) is 0. The van der Waals surface area contributed by atoms with E-state index in [-0.39, 0.29) is 18.1 Å². The van der Waals surface area contributed by atoms with Crippen molar-refractivity contribution in [1.29, 1.82) is 0 Å². The number of aliphatic hydroxyl groups excluding tert-OH is 1. The number of fused-ring (bicyclic) bond motifs is 1. The van der Waals surface area contributed by atoms with Gasteiger partial charge in [-0.3, -0.25) is 9.59 Å². The second-order valence-corrected chi connectivity index (χ2v) is 8.69. The second kappa shape index (κ2) is 8.67. The molecule has 2 aliphatic heterocycles. The van der Waals surface area contributed by atoms with E-state index in [1.165, 1.54) is 0 Å². The quantitative estimate of drug-likeness (QED) is 0.424. The molecule has 1 amide bonds. The summed E-state index contributed by atoms with van der Waals surface area (Å²) in [6, 6.07) is 12.2. The van der Waals surface area contributed by atoms with Crippen LogP contribution in [0.3, 0.4) is 0 Å². The van der Waals surface area contributed by atoms with E-state index < -0.39 is 17.7 Å². The zero-order valence-corrected chi connectivity index (χ0v) is 18.8. The van der Waals surface area contributed by atoms with Crippen LogP contribution in [0.15, 0.2) is 48.0 Å². The third kappa shape index (κ3) is 3.96. The minimum Gasteiger partial charge on any atom is -0.507 e. The van der Waals surface area contributed by atoms with Gasteiger partial charge in [-0.05, 0) is 49.3 Å². The van der Waals surface area contributed by atoms with Crippen LogP contribution < -0.4 is 9.47 Å². The SMILES string of the molecule is CC(C)c1ccc([C@H]2C(=C(O)c3ccc4c(c3)OCO4)C(=O)C(=O)N2CCN(C)C)cc1. The van der Waals surface area contributed by atoms with Crippen molar-refractivity contribution in [3.63, 3.8) is 0 Å². The number of carbonyl (C=O) groups is 2. The number of carbonyl (C=O) groups excluding carboxylic acids is 2. The largest absolute Gasteiger partial charge is 0.507 e. The first-order chi connectivity index (χ1) is 15.3. The Morgan fingerprint density at radius 2 is 1.78 bits per heavy atom. The molecule has 0 aromatic heterocycles. The van der Waals surface area contributed by atoms with Crippen molar-refractivity contribution in [2.45, 2.75) is 25.8 Å². The van der Waals surface area contributed by atoms with Crippen LogP contribution in [-0.2, 0) is 9.59 Å². The normalized spacial score (nSPS) is 19.4. The Balaban J connectivity index is 1.81. The fraction of sp³-hybridized carbons (Fsp3) is 0.360. The first-order valence-corrected chi connectivity index (χ1v) is 10.7. The van der Waals surface area contributed by atoms with E-state index in [9.17, 15) is 14.7 Å². The number of Topliss-reactive ketones (excluding diaryl/α,β-unsaturated/α-hetero) is 1. The lowest BCUT2D eigenvalue weighted by atomic mass is 9.93. The van der Waals surface area contributed by atoms with Crippen LogP contribution in [0.4, 0.5) is 0 Å². The third-order valence-electron chi connectivity index (χ3n) is 5.89. The zero-order valence-electron chi connectivity index (χ0n) is 18.8. The van der Waals surface area contributed by atoms with Gasteiger partial charge in [0.25, 0.3) is 11.7 Å². The molecule has 168 valence electrons. The Bertz CT molecular complexity index is 1070. The van der Waals surface area contributed by atoms with Gasteiger partial charge in [-0.25, -0.2) is 0 Å². The summed E-state index contributed by atoms with van der Waals surface area (Å²) < 4.78 is 10.7. The van der Waals surface area contributed by atoms with E-state index in [0.29, 0.717) is 36.1 Å². The molecule has 1 saturated heterocycles. The average molecular weight is 437 g/mol. The molecule has 0 bridgehead atoms. The number of likely N-dealkylation sites (N-methyl/N-ethyl adjacent to an activating group) is 1. The number of amides is 1. The number of likely N-dealkylation sites (tertiary alicyclic amines) is 1. The van der Waals surface area contributed by atoms with Gasteiger partial charge in [-0.2, -0.15) is 0 Å². The van der Waals surface area contributed by atoms with E-state index in [0.717, 1.165) is 11.1 Å². The number of ketones is 1. The Morgan fingerprint density at radius 1 is 1.09 bits per heavy atom. The highest BCUT2D eigenvalue weighted by molar-refractivity contribution is 6.46. The van der Waals surface area contributed by atoms with Crippen molar-refractivity contribution in [2.24, 2.45) is 0 Å². The first kappa shape index (κ1) is 21.9. The number of benzene rings is 2. The average Bonchev–Trinajstić information content (AvgIpc) is 3.34. The maximum Gasteiger partial charge on any atom is 0.295 e. The summed E-state index contributed by atoms with van der Waals surface area (Å²) in [6.45, 7) is 5.29. The smallest absolute Gasteiger partial charge is 0.295 e. The highest BCUT2D eigenvalue weighted by atomic mass is 16.7. The molecule has 0 spiro atoms. The van der Waals surface area contributed by atoms with Gasteiger partial charge < -0.3 is 24.4 Å². The molecule has 1 fully saturated rings. The van der Waals surface area contributed by atoms with Gasteiger partial charge in [0.05, 0.1) is 11.6 Å². The van der Waals surface area contributed by atoms with Crippen LogP contribution in [0, 0.1) is 0 Å². The molecule has 4 rings (SSSR count). The van der Waals surface area contributed by atoms with Gasteiger partial charge >= 0.3 is 0 Å². The van der Waals surface area contributed by atoms with Gasteiger partial charge in [-0.15, -0.1) is 0 Å². The molecule has 1 atom stereocenters. The van der Waals surface area contributed by atoms with E-state index in [2.05, 4.69) is 13.8 Å². The number of nitrogens with zero attached hydrogens (tertiary/aromatic N) is 2. The molecule has 2 aromatic carbocycles. The van der Waals surface area contributed by atoms with E-state index >= 15 is 0 Å². The van der Waals surface area contributed by atoms with Gasteiger partial charge in [0, 0.05) is 18.7 Å². The maximum atomic E-state index is 13.1. The summed E-state index contributed by atoms with van der Waals surface area (Å²) in [5.41, 5.74) is 2.44. The Labute approximate surface area is 187 Å². The standard InChI is InChI=1S/C25H28N2O5/c1-15(2)16-5-7-17(8-6-16)22-21(24(29)25(30)27(22)12-11-26(3)4)23(28)18-9-10-19-20(13-18)32-14-31-19/h5-10,13,15,22,28H,11-12,14H2,1-4H3/t22-/m0/s1. The molecule has 32 heavy (non-hydrogen) atoms. The first-order valence-electron chi connectivity index (χ1n) is 10.7. The lowest BCUT2D eigenvalue weighted by molar-refractivity contribution is -0.140. The van der Waals surface area contributed by atoms with Crippen molar-refractivity contribution in [1.82, 2.24) is 9.80 Å². The summed E-state index contributed by atoms with van der Waals surface area (Å²) in [5, 5.41) is 11.2. The third-order valence-corrected chi connectivity index (χ3v) is 5.89. The Kier molecular flexibility index (Phi) is 5.93. The van der Waals surface area contributed by atoms with Crippen LogP contribution in [0.2, 0.25) is 0 Å². The van der Waals surface area contributed by atoms with E-state index in [1.54, 1.807) is 23.1 Å². The summed E-state index contributed by atoms with van der Waals surface area (Å²) in [5.74, 6) is -0.0730. The van der Waals surface area contributed by atoms with Crippen LogP contribution >= 0.6 is 0 Å². The van der Waals surface area contributed by atoms with Crippen molar-refractivity contribution in [3.05, 3.63) is 64.7 Å². The maximum absolute atomic E-state index is 13.1. The Hall–Kier alpha value is -3.32. The molecular formula is C25H28N2O5. The molecule has 1 N–H and O–H groups in total. The fourth-order valence-electron chi connectivity index (χ4n) is 4.03. The number of ether oxygens (including phenoxy) is 2. The Morgan fingerprint density at radius 3 is 2.44 bits per heavy atom. The molecule has 7 nitrogen and oxygen atoms in total. The number of aliphatic hydroxyl groups is 1. The lowest BCUT2D eigenvalue weighted by Gasteiger charge is -2.27. The summed E-state index contributed by atoms with van der Waals surface area (Å²) in [7, 11) is 3.82. The minimum atomic E-state index is -0.683. The van der Waals surface area contributed by atoms with Crippen LogP contribution in [0.1, 0.15) is 42.5 Å². The molecule has 2 aliphatic rings. The number of hydrogen-bond acceptors (Lipinski definition) is 6. The van der Waals surface area contributed by atoms with Crippen LogP contribution in [0.5, 0.6) is 11.5 Å². The van der Waals surface area contributed by atoms with Crippen LogP contribution in [-0.4, -0.2) is 60.6 Å². The summed E-state index contributed by atoms with van der Waals surface area (Å²) in [4.78, 5) is 29.6. The predicted molar refractivity (Wildman–Crippen MR) is 121 cm³/mol. The van der Waals surface area contributed by atoms with E-state index in [1.807, 2.05) is 43.3 Å². The van der Waals surface area contributed by atoms with Gasteiger partial charge in [0.1, 0.15) is 5.76 Å². The number of hydrogen-bond donors (Lipinski definition) is 1. The molecule has 0 aliphatic carbocycles. The van der Waals surface area contributed by atoms with Crippen molar-refractivity contribution in [2.75, 3.05) is 34.0 Å². The zero-order chi connectivity index (χ0) is 23.0. The predicted octanol–water partition coefficient (Wildman–Crippen LogP) is 3.52. The van der Waals surface area contributed by atoms with Gasteiger partial charge in [0.2, 0.25) is 6.79 Å². The molecule has 0 saturated carbocycles. The molecule has 0 unspecified atom stereocenters. The van der Waals surface area contributed by atoms with Crippen molar-refractivity contribution < 1.29 is 24.2 Å². The molecule has 2 heterocycles. The van der Waals surface area contributed by atoms with Crippen molar-refractivity contribution in [3.8, 4) is 11.5 Å². The lowest BCUT2D eigenvalue weighted by Crippen LogP contribution is -2.35. The topological polar surface area (TPSA) is 79.3 Å². The second-order valence-electron chi connectivity index (χ2n) is 8.69. The van der Waals surface area contributed by atoms with Crippen LogP contribution in [0.25, 0.3) is 5.76 Å². The molecular weight excluding hydrogens is 408 g/mol. The minimum absolute atomic E-state index is 0.0879. The van der Waals surface area contributed by atoms with Crippen molar-refractivity contribution >= 4 is 17.4 Å². The highest BCUT2D eigenvalue weighted by Gasteiger charge is 2.46. The summed E-state index contributed by atoms with van der Waals surface area (Å²) >= 11 is 0. The molecule has 0 radical (unpaired) electrons. The fourth-order valence-corrected chi connectivity index (χ4v) is 4.03. The number of rotatable bonds is 6. The molecule has 2 aromatic rings. The highest BCUT2D eigenvalue weighted by Crippen LogP contribution is 2.41.